The molecule has 3 aliphatic rings. The molecule has 0 radical (unpaired) electrons. The minimum absolute atomic E-state index is 0.131. The third-order valence-electron chi connectivity index (χ3n) is 9.55. The summed E-state index contributed by atoms with van der Waals surface area (Å²) in [6, 6.07) is 30.6. The summed E-state index contributed by atoms with van der Waals surface area (Å²) in [5.74, 6) is 0.201. The molecule has 4 aromatic carbocycles. The van der Waals surface area contributed by atoms with Crippen LogP contribution < -0.4 is 14.8 Å². The largest absolute Gasteiger partial charge is 0.466 e. The van der Waals surface area contributed by atoms with E-state index in [4.69, 9.17) is 9.10 Å². The van der Waals surface area contributed by atoms with Crippen molar-refractivity contribution in [3.8, 4) is 5.88 Å². The highest BCUT2D eigenvalue weighted by atomic mass is 32.2. The summed E-state index contributed by atoms with van der Waals surface area (Å²) in [5.41, 5.74) is 5.63. The second-order valence-electron chi connectivity index (χ2n) is 12.7. The number of carbonyl (C=O) groups excluding carboxylic acids is 1. The Hall–Kier alpha value is -4.93. The molecule has 238 valence electrons. The summed E-state index contributed by atoms with van der Waals surface area (Å²) in [7, 11) is -3.87. The first-order chi connectivity index (χ1) is 22.8. The van der Waals surface area contributed by atoms with Crippen LogP contribution >= 0.6 is 0 Å². The lowest BCUT2D eigenvalue weighted by Crippen LogP contribution is -2.39. The zero-order valence-electron chi connectivity index (χ0n) is 26.0. The van der Waals surface area contributed by atoms with Crippen LogP contribution in [0.15, 0.2) is 113 Å². The Bertz CT molecular complexity index is 2000. The Morgan fingerprint density at radius 2 is 1.45 bits per heavy atom. The van der Waals surface area contributed by atoms with Gasteiger partial charge in [-0.05, 0) is 71.6 Å². The minimum Gasteiger partial charge on any atom is -0.466 e. The molecule has 9 nitrogen and oxygen atoms in total. The average Bonchev–Trinajstić information content (AvgIpc) is 3.60. The van der Waals surface area contributed by atoms with Crippen LogP contribution in [0.3, 0.4) is 0 Å². The zero-order valence-corrected chi connectivity index (χ0v) is 26.8. The Morgan fingerprint density at radius 1 is 0.915 bits per heavy atom. The number of anilines is 1. The number of aliphatic hydroxyl groups excluding tert-OH is 1. The SMILES string of the molecule is C[C@@]1(CO)Cn2ncc([S@](=O)(=NC(c3ccccc3)(c3ccccc3)c3ccccc3)NC(=O)Nc3c4c(cc5c3CC5)CC4)c2O1. The van der Waals surface area contributed by atoms with Crippen LogP contribution in [-0.2, 0) is 47.7 Å². The van der Waals surface area contributed by atoms with Gasteiger partial charge >= 0.3 is 6.03 Å². The minimum atomic E-state index is -3.87. The Labute approximate surface area is 273 Å². The van der Waals surface area contributed by atoms with Crippen LogP contribution in [0.2, 0.25) is 0 Å². The predicted molar refractivity (Wildman–Crippen MR) is 180 cm³/mol. The zero-order chi connectivity index (χ0) is 32.2. The Balaban J connectivity index is 1.35. The molecule has 0 fully saturated rings. The van der Waals surface area contributed by atoms with Gasteiger partial charge in [0.2, 0.25) is 5.88 Å². The van der Waals surface area contributed by atoms with Crippen LogP contribution in [0, 0.1) is 0 Å². The topological polar surface area (TPSA) is 118 Å². The number of carbonyl (C=O) groups is 1. The van der Waals surface area contributed by atoms with E-state index in [2.05, 4.69) is 21.2 Å². The fourth-order valence-corrected chi connectivity index (χ4v) is 8.76. The normalized spacial score (nSPS) is 18.7. The van der Waals surface area contributed by atoms with Crippen molar-refractivity contribution >= 4 is 21.6 Å². The van der Waals surface area contributed by atoms with Crippen molar-refractivity contribution in [2.24, 2.45) is 4.36 Å². The number of urea groups is 1. The highest BCUT2D eigenvalue weighted by Crippen LogP contribution is 2.45. The maximum absolute atomic E-state index is 15.8. The molecule has 0 saturated carbocycles. The third kappa shape index (κ3) is 4.82. The number of nitrogens with zero attached hydrogens (tertiary/aromatic N) is 3. The fraction of sp³-hybridized carbons (Fsp3) is 0.243. The fourth-order valence-electron chi connectivity index (χ4n) is 6.93. The van der Waals surface area contributed by atoms with Crippen molar-refractivity contribution in [2.45, 2.75) is 55.2 Å². The van der Waals surface area contributed by atoms with E-state index in [9.17, 15) is 9.90 Å². The van der Waals surface area contributed by atoms with E-state index in [0.717, 1.165) is 59.2 Å². The van der Waals surface area contributed by atoms with Gasteiger partial charge in [0.15, 0.2) is 15.5 Å². The van der Waals surface area contributed by atoms with Crippen LogP contribution in [-0.4, -0.2) is 37.3 Å². The summed E-state index contributed by atoms with van der Waals surface area (Å²) < 4.78 is 31.8. The first-order valence-electron chi connectivity index (χ1n) is 15.9. The standard InChI is InChI=1S/C37H35N5O4S/c1-36(24-43)23-42-34(46-36)32(22-38-42)47(45,40-35(44)39-33-30-19-17-25(30)21-26-18-20-31(26)33)41-37(27-11-5-2-6-12-27,28-13-7-3-8-14-28)29-15-9-4-10-16-29/h2-16,21-22,43H,17-20,23-24H2,1H3,(H2,39,40,41,44,45)/t36-,47+/m0/s1. The van der Waals surface area contributed by atoms with Crippen LogP contribution in [0.25, 0.3) is 0 Å². The lowest BCUT2D eigenvalue weighted by atomic mass is 9.76. The molecule has 2 heterocycles. The molecule has 5 aromatic rings. The molecule has 8 rings (SSSR count). The van der Waals surface area contributed by atoms with Gasteiger partial charge in [-0.1, -0.05) is 97.1 Å². The smallest absolute Gasteiger partial charge is 0.331 e. The maximum atomic E-state index is 15.8. The Morgan fingerprint density at radius 3 is 1.91 bits per heavy atom. The second-order valence-corrected chi connectivity index (χ2v) is 14.6. The molecule has 2 atom stereocenters. The van der Waals surface area contributed by atoms with Crippen molar-refractivity contribution in [1.82, 2.24) is 14.5 Å². The van der Waals surface area contributed by atoms with Crippen molar-refractivity contribution in [1.29, 1.82) is 0 Å². The van der Waals surface area contributed by atoms with Gasteiger partial charge in [-0.15, -0.1) is 0 Å². The van der Waals surface area contributed by atoms with E-state index in [1.807, 2.05) is 91.0 Å². The third-order valence-corrected chi connectivity index (χ3v) is 11.4. The summed E-state index contributed by atoms with van der Waals surface area (Å²) in [6.45, 7) is 1.75. The summed E-state index contributed by atoms with van der Waals surface area (Å²) in [5, 5.41) is 17.7. The first-order valence-corrected chi connectivity index (χ1v) is 17.4. The lowest BCUT2D eigenvalue weighted by molar-refractivity contribution is 0.0399. The molecule has 1 aromatic heterocycles. The number of aryl methyl sites for hydroxylation is 2. The van der Waals surface area contributed by atoms with Crippen LogP contribution in [0.4, 0.5) is 10.5 Å². The molecule has 1 aliphatic heterocycles. The Kier molecular flexibility index (Phi) is 6.96. The number of hydrogen-bond acceptors (Lipinski definition) is 6. The molecule has 10 heteroatoms. The van der Waals surface area contributed by atoms with Gasteiger partial charge in [0.1, 0.15) is 10.4 Å². The number of aliphatic hydroxyl groups is 1. The molecule has 0 unspecified atom stereocenters. The maximum Gasteiger partial charge on any atom is 0.331 e. The number of fused-ring (bicyclic) bond motifs is 3. The van der Waals surface area contributed by atoms with E-state index in [0.29, 0.717) is 0 Å². The number of hydrogen-bond donors (Lipinski definition) is 3. The van der Waals surface area contributed by atoms with Gasteiger partial charge in [-0.3, -0.25) is 0 Å². The number of benzene rings is 4. The first kappa shape index (κ1) is 29.5. The number of rotatable bonds is 8. The molecule has 0 saturated heterocycles. The van der Waals surface area contributed by atoms with Gasteiger partial charge in [0.25, 0.3) is 0 Å². The molecular formula is C37H35N5O4S. The van der Waals surface area contributed by atoms with E-state index < -0.39 is 27.1 Å². The van der Waals surface area contributed by atoms with Gasteiger partial charge in [0, 0.05) is 5.69 Å². The monoisotopic (exact) mass is 645 g/mol. The van der Waals surface area contributed by atoms with Crippen molar-refractivity contribution < 1.29 is 18.8 Å². The highest BCUT2D eigenvalue weighted by Gasteiger charge is 2.43. The molecule has 3 N–H and O–H groups in total. The average molecular weight is 646 g/mol. The molecule has 0 spiro atoms. The van der Waals surface area contributed by atoms with E-state index in [1.54, 1.807) is 11.6 Å². The van der Waals surface area contributed by atoms with Gasteiger partial charge < -0.3 is 15.2 Å². The van der Waals surface area contributed by atoms with E-state index in [-0.39, 0.29) is 23.9 Å². The number of nitrogens with one attached hydrogen (secondary N) is 2. The number of ether oxygens (including phenoxy) is 1. The lowest BCUT2D eigenvalue weighted by Gasteiger charge is -2.33. The number of amides is 2. The van der Waals surface area contributed by atoms with Gasteiger partial charge in [0.05, 0.1) is 19.3 Å². The van der Waals surface area contributed by atoms with E-state index in [1.165, 1.54) is 17.3 Å². The van der Waals surface area contributed by atoms with Gasteiger partial charge in [-0.25, -0.2) is 18.4 Å². The summed E-state index contributed by atoms with van der Waals surface area (Å²) >= 11 is 0. The number of aromatic nitrogens is 2. The molecule has 0 bridgehead atoms. The van der Waals surface area contributed by atoms with Crippen molar-refractivity contribution in [2.75, 3.05) is 11.9 Å². The molecular weight excluding hydrogens is 611 g/mol. The van der Waals surface area contributed by atoms with Crippen molar-refractivity contribution in [3.63, 3.8) is 0 Å². The van der Waals surface area contributed by atoms with Crippen molar-refractivity contribution in [3.05, 3.63) is 142 Å². The molecule has 2 aliphatic carbocycles. The van der Waals surface area contributed by atoms with Crippen LogP contribution in [0.5, 0.6) is 5.88 Å². The quantitative estimate of drug-likeness (QED) is 0.185. The second kappa shape index (κ2) is 11.1. The summed E-state index contributed by atoms with van der Waals surface area (Å²) in [4.78, 5) is 14.2. The van der Waals surface area contributed by atoms with Gasteiger partial charge in [-0.2, -0.15) is 9.46 Å². The van der Waals surface area contributed by atoms with E-state index >= 15 is 4.21 Å². The highest BCUT2D eigenvalue weighted by molar-refractivity contribution is 7.92. The molecule has 2 amide bonds. The molecule has 47 heavy (non-hydrogen) atoms. The summed E-state index contributed by atoms with van der Waals surface area (Å²) in [6.07, 6.45) is 5.21. The van der Waals surface area contributed by atoms with Crippen LogP contribution in [0.1, 0.15) is 45.9 Å². The predicted octanol–water partition coefficient (Wildman–Crippen LogP) is 5.78.